The van der Waals surface area contributed by atoms with Gasteiger partial charge in [-0.1, -0.05) is 5.16 Å². The van der Waals surface area contributed by atoms with Gasteiger partial charge in [-0.2, -0.15) is 5.10 Å². The van der Waals surface area contributed by atoms with Gasteiger partial charge < -0.3 is 14.7 Å². The van der Waals surface area contributed by atoms with Gasteiger partial charge in [0, 0.05) is 61.8 Å². The van der Waals surface area contributed by atoms with Crippen molar-refractivity contribution in [2.24, 2.45) is 13.0 Å². The predicted octanol–water partition coefficient (Wildman–Crippen LogP) is 2.27. The summed E-state index contributed by atoms with van der Waals surface area (Å²) in [7, 11) is 1.84. The number of carbonyl (C=O) groups is 2. The van der Waals surface area contributed by atoms with Crippen LogP contribution in [0.5, 0.6) is 0 Å². The van der Waals surface area contributed by atoms with Crippen LogP contribution in [-0.2, 0) is 11.8 Å². The van der Waals surface area contributed by atoms with E-state index >= 15 is 0 Å². The van der Waals surface area contributed by atoms with Gasteiger partial charge in [-0.05, 0) is 25.8 Å². The average Bonchev–Trinajstić information content (AvgIpc) is 3.35. The molecule has 4 heterocycles. The van der Waals surface area contributed by atoms with Crippen LogP contribution in [0.2, 0.25) is 0 Å². The lowest BCUT2D eigenvalue weighted by Crippen LogP contribution is -2.41. The molecule has 0 bridgehead atoms. The molecule has 3 aromatic heterocycles. The number of likely N-dealkylation sites (tertiary alicyclic amines) is 1. The van der Waals surface area contributed by atoms with Crippen LogP contribution >= 0.6 is 0 Å². The van der Waals surface area contributed by atoms with Crippen molar-refractivity contribution in [2.45, 2.75) is 19.8 Å². The second-order valence-corrected chi connectivity index (χ2v) is 7.24. The molecule has 0 unspecified atom stereocenters. The number of piperidine rings is 1. The van der Waals surface area contributed by atoms with Gasteiger partial charge in [-0.15, -0.1) is 0 Å². The maximum absolute atomic E-state index is 12.9. The molecule has 29 heavy (non-hydrogen) atoms. The number of nitrogens with one attached hydrogen (secondary N) is 1. The SMILES string of the molecule is Cc1cc(NC(=O)C2CCN(C(=O)c3cncc(-c4cnn(C)c4)c3)CC2)no1. The van der Waals surface area contributed by atoms with E-state index in [9.17, 15) is 9.59 Å². The third kappa shape index (κ3) is 4.18. The van der Waals surface area contributed by atoms with Crippen LogP contribution in [0.25, 0.3) is 11.1 Å². The number of hydrogen-bond acceptors (Lipinski definition) is 6. The number of anilines is 1. The Kier molecular flexibility index (Phi) is 5.11. The van der Waals surface area contributed by atoms with E-state index in [2.05, 4.69) is 20.6 Å². The molecule has 0 aromatic carbocycles. The van der Waals surface area contributed by atoms with Crippen LogP contribution < -0.4 is 5.32 Å². The molecular formula is C20H22N6O3. The van der Waals surface area contributed by atoms with E-state index in [1.54, 1.807) is 41.2 Å². The zero-order chi connectivity index (χ0) is 20.4. The largest absolute Gasteiger partial charge is 0.360 e. The number of amides is 2. The first-order valence-corrected chi connectivity index (χ1v) is 9.47. The first kappa shape index (κ1) is 18.9. The number of pyridine rings is 1. The van der Waals surface area contributed by atoms with Gasteiger partial charge >= 0.3 is 0 Å². The Morgan fingerprint density at radius 2 is 1.93 bits per heavy atom. The van der Waals surface area contributed by atoms with Crippen LogP contribution in [0.4, 0.5) is 5.82 Å². The number of aromatic nitrogens is 4. The molecule has 0 aliphatic carbocycles. The van der Waals surface area contributed by atoms with E-state index in [1.807, 2.05) is 19.3 Å². The summed E-state index contributed by atoms with van der Waals surface area (Å²) in [6.07, 6.45) is 8.12. The molecule has 2 amide bonds. The van der Waals surface area contributed by atoms with E-state index in [1.165, 1.54) is 0 Å². The Bertz CT molecular complexity index is 1030. The van der Waals surface area contributed by atoms with Crippen LogP contribution in [0.15, 0.2) is 41.4 Å². The summed E-state index contributed by atoms with van der Waals surface area (Å²) in [5, 5.41) is 10.7. The molecule has 3 aromatic rings. The van der Waals surface area contributed by atoms with Gasteiger partial charge in [-0.3, -0.25) is 19.3 Å². The monoisotopic (exact) mass is 394 g/mol. The van der Waals surface area contributed by atoms with Gasteiger partial charge in [0.1, 0.15) is 5.76 Å². The molecule has 1 aliphatic heterocycles. The van der Waals surface area contributed by atoms with Crippen molar-refractivity contribution in [3.63, 3.8) is 0 Å². The van der Waals surface area contributed by atoms with Gasteiger partial charge in [0.25, 0.3) is 5.91 Å². The van der Waals surface area contributed by atoms with Gasteiger partial charge in [0.2, 0.25) is 5.91 Å². The fraction of sp³-hybridized carbons (Fsp3) is 0.350. The van der Waals surface area contributed by atoms with E-state index in [-0.39, 0.29) is 17.7 Å². The fourth-order valence-corrected chi connectivity index (χ4v) is 3.47. The molecule has 9 heteroatoms. The lowest BCUT2D eigenvalue weighted by Gasteiger charge is -2.31. The average molecular weight is 394 g/mol. The Hall–Kier alpha value is -3.49. The van der Waals surface area contributed by atoms with Crippen LogP contribution in [-0.4, -0.2) is 49.7 Å². The minimum Gasteiger partial charge on any atom is -0.360 e. The molecular weight excluding hydrogens is 372 g/mol. The molecule has 1 fully saturated rings. The Morgan fingerprint density at radius 3 is 2.59 bits per heavy atom. The van der Waals surface area contributed by atoms with E-state index in [4.69, 9.17) is 4.52 Å². The van der Waals surface area contributed by atoms with E-state index in [0.29, 0.717) is 43.1 Å². The van der Waals surface area contributed by atoms with Crippen LogP contribution in [0.1, 0.15) is 29.0 Å². The Morgan fingerprint density at radius 1 is 1.14 bits per heavy atom. The van der Waals surface area contributed by atoms with E-state index in [0.717, 1.165) is 11.1 Å². The highest BCUT2D eigenvalue weighted by atomic mass is 16.5. The third-order valence-corrected chi connectivity index (χ3v) is 5.06. The molecule has 0 saturated carbocycles. The van der Waals surface area contributed by atoms with E-state index < -0.39 is 0 Å². The number of nitrogens with zero attached hydrogens (tertiary/aromatic N) is 5. The zero-order valence-corrected chi connectivity index (χ0v) is 16.3. The highest BCUT2D eigenvalue weighted by molar-refractivity contribution is 5.95. The highest BCUT2D eigenvalue weighted by Crippen LogP contribution is 2.23. The molecule has 0 spiro atoms. The summed E-state index contributed by atoms with van der Waals surface area (Å²) in [4.78, 5) is 31.3. The van der Waals surface area contributed by atoms with Gasteiger partial charge in [0.05, 0.1) is 11.8 Å². The second-order valence-electron chi connectivity index (χ2n) is 7.24. The smallest absolute Gasteiger partial charge is 0.255 e. The predicted molar refractivity (Wildman–Crippen MR) is 105 cm³/mol. The summed E-state index contributed by atoms with van der Waals surface area (Å²) in [5.41, 5.74) is 2.29. The van der Waals surface area contributed by atoms with Crippen molar-refractivity contribution in [2.75, 3.05) is 18.4 Å². The third-order valence-electron chi connectivity index (χ3n) is 5.06. The molecule has 150 valence electrons. The van der Waals surface area contributed by atoms with Gasteiger partial charge in [0.15, 0.2) is 5.82 Å². The topological polar surface area (TPSA) is 106 Å². The standard InChI is InChI=1S/C20H22N6O3/c1-13-7-18(24-29-13)23-19(27)14-3-5-26(6-4-14)20(28)16-8-15(9-21-10-16)17-11-22-25(2)12-17/h7-12,14H,3-6H2,1-2H3,(H,23,24,27). The number of rotatable bonds is 4. The van der Waals surface area contributed by atoms with Crippen molar-refractivity contribution in [3.8, 4) is 11.1 Å². The summed E-state index contributed by atoms with van der Waals surface area (Å²) >= 11 is 0. The molecule has 1 aliphatic rings. The summed E-state index contributed by atoms with van der Waals surface area (Å²) < 4.78 is 6.67. The summed E-state index contributed by atoms with van der Waals surface area (Å²) in [6.45, 7) is 2.81. The first-order chi connectivity index (χ1) is 14.0. The summed E-state index contributed by atoms with van der Waals surface area (Å²) in [6, 6.07) is 3.51. The van der Waals surface area contributed by atoms with Crippen molar-refractivity contribution >= 4 is 17.6 Å². The van der Waals surface area contributed by atoms with Gasteiger partial charge in [-0.25, -0.2) is 0 Å². The molecule has 1 saturated heterocycles. The quantitative estimate of drug-likeness (QED) is 0.728. The van der Waals surface area contributed by atoms with Crippen molar-refractivity contribution in [1.82, 2.24) is 24.8 Å². The first-order valence-electron chi connectivity index (χ1n) is 9.47. The molecule has 1 N–H and O–H groups in total. The Balaban J connectivity index is 1.37. The van der Waals surface area contributed by atoms with Crippen LogP contribution in [0.3, 0.4) is 0 Å². The maximum atomic E-state index is 12.9. The minimum absolute atomic E-state index is 0.0748. The second kappa shape index (κ2) is 7.86. The maximum Gasteiger partial charge on any atom is 0.255 e. The number of aryl methyl sites for hydroxylation is 2. The lowest BCUT2D eigenvalue weighted by atomic mass is 9.95. The highest BCUT2D eigenvalue weighted by Gasteiger charge is 2.28. The molecule has 4 rings (SSSR count). The summed E-state index contributed by atoms with van der Waals surface area (Å²) in [5.74, 6) is 0.739. The van der Waals surface area contributed by atoms with Crippen LogP contribution in [0, 0.1) is 12.8 Å². The van der Waals surface area contributed by atoms with Crippen molar-refractivity contribution in [1.29, 1.82) is 0 Å². The Labute approximate surface area is 167 Å². The van der Waals surface area contributed by atoms with Crippen molar-refractivity contribution in [3.05, 3.63) is 48.2 Å². The molecule has 0 atom stereocenters. The molecule has 0 radical (unpaired) electrons. The van der Waals surface area contributed by atoms with Crippen molar-refractivity contribution < 1.29 is 14.1 Å². The molecule has 9 nitrogen and oxygen atoms in total. The normalized spacial score (nSPS) is 14.8. The number of carbonyl (C=O) groups excluding carboxylic acids is 2. The minimum atomic E-state index is -0.157. The fourth-order valence-electron chi connectivity index (χ4n) is 3.47. The zero-order valence-electron chi connectivity index (χ0n) is 16.3. The lowest BCUT2D eigenvalue weighted by molar-refractivity contribution is -0.121. The number of hydrogen-bond donors (Lipinski definition) is 1.